The first-order chi connectivity index (χ1) is 28.6. The number of anilines is 3. The van der Waals surface area contributed by atoms with Crippen molar-refractivity contribution in [2.24, 2.45) is 11.8 Å². The number of imide groups is 2. The Kier molecular flexibility index (Phi) is 10.3. The summed E-state index contributed by atoms with van der Waals surface area (Å²) in [6, 6.07) is 7.74. The van der Waals surface area contributed by atoms with E-state index >= 15 is 0 Å². The van der Waals surface area contributed by atoms with Gasteiger partial charge in [0.05, 0.1) is 29.4 Å². The number of hydrazine groups is 1. The number of carbonyl (C=O) groups excluding carboxylic acids is 5. The molecule has 0 unspecified atom stereocenters. The van der Waals surface area contributed by atoms with Crippen molar-refractivity contribution in [1.82, 2.24) is 40.0 Å². The number of urea groups is 1. The fourth-order valence-corrected chi connectivity index (χ4v) is 8.26. The Morgan fingerprint density at radius 3 is 2.44 bits per heavy atom. The maximum Gasteiger partial charge on any atom is 0.343 e. The van der Waals surface area contributed by atoms with Crippen LogP contribution in [-0.4, -0.2) is 110 Å². The van der Waals surface area contributed by atoms with E-state index in [2.05, 4.69) is 40.8 Å². The van der Waals surface area contributed by atoms with Crippen LogP contribution in [0.25, 0.3) is 11.5 Å². The summed E-state index contributed by atoms with van der Waals surface area (Å²) in [7, 11) is 0. The minimum atomic E-state index is -2.89. The molecule has 17 nitrogen and oxygen atoms in total. The molecule has 3 saturated heterocycles. The predicted molar refractivity (Wildman–Crippen MR) is 208 cm³/mol. The molecule has 9 rings (SSSR count). The van der Waals surface area contributed by atoms with Crippen LogP contribution in [0, 0.1) is 11.8 Å². The summed E-state index contributed by atoms with van der Waals surface area (Å²) < 4.78 is 35.4. The highest BCUT2D eigenvalue weighted by molar-refractivity contribution is 6.22. The number of likely N-dealkylation sites (tertiary alicyclic amines) is 1. The van der Waals surface area contributed by atoms with Crippen LogP contribution in [0.5, 0.6) is 0 Å². The number of pyridine rings is 1. The second kappa shape index (κ2) is 15.8. The van der Waals surface area contributed by atoms with Crippen molar-refractivity contribution in [3.8, 4) is 11.5 Å². The molecule has 0 spiro atoms. The molecule has 4 aromatic rings. The molecule has 308 valence electrons. The van der Waals surface area contributed by atoms with E-state index in [9.17, 15) is 32.8 Å². The topological polar surface area (TPSA) is 191 Å². The number of fused-ring (bicyclic) bond motifs is 1. The number of piperidine rings is 2. The molecule has 3 N–H and O–H groups in total. The number of rotatable bonds is 12. The predicted octanol–water partition coefficient (Wildman–Crippen LogP) is 4.95. The van der Waals surface area contributed by atoms with Gasteiger partial charge in [-0.05, 0) is 80.7 Å². The molecule has 59 heavy (non-hydrogen) atoms. The molecule has 1 saturated carbocycles. The van der Waals surface area contributed by atoms with Gasteiger partial charge >= 0.3 is 6.03 Å². The lowest BCUT2D eigenvalue weighted by atomic mass is 9.94. The van der Waals surface area contributed by atoms with E-state index < -0.39 is 41.8 Å². The van der Waals surface area contributed by atoms with Gasteiger partial charge in [-0.2, -0.15) is 10.1 Å². The molecule has 4 fully saturated rings. The lowest BCUT2D eigenvalue weighted by Gasteiger charge is -2.38. The number of carbonyl (C=O) groups is 5. The number of hydrogen-bond donors (Lipinski definition) is 3. The fourth-order valence-electron chi connectivity index (χ4n) is 8.26. The van der Waals surface area contributed by atoms with E-state index in [1.165, 1.54) is 25.3 Å². The van der Waals surface area contributed by atoms with Crippen LogP contribution in [0.4, 0.5) is 30.8 Å². The van der Waals surface area contributed by atoms with Gasteiger partial charge < -0.3 is 24.9 Å². The van der Waals surface area contributed by atoms with E-state index in [0.717, 1.165) is 67.8 Å². The van der Waals surface area contributed by atoms with Gasteiger partial charge in [-0.3, -0.25) is 29.2 Å². The van der Waals surface area contributed by atoms with Crippen molar-refractivity contribution in [2.75, 3.05) is 61.3 Å². The SMILES string of the molecule is O=C1CCN(N2C(=O)c3ccc(N4CCC(CN5CCC(n6cc(NC(=O)c7coc(-c8ccnc(NCC9CC9)c8)n7)c(C(F)F)n6)CC5)CC4)cc3C2=O)C(=O)N1. The molecule has 6 amide bonds. The zero-order valence-electron chi connectivity index (χ0n) is 32.1. The molecular formula is C40H43F2N11O6. The second-order valence-corrected chi connectivity index (χ2v) is 15.8. The average Bonchev–Trinajstić information content (AvgIpc) is 3.65. The molecule has 5 aliphatic rings. The number of nitrogens with zero attached hydrogens (tertiary/aromatic N) is 8. The van der Waals surface area contributed by atoms with Gasteiger partial charge in [0.25, 0.3) is 24.1 Å². The Hall–Kier alpha value is -6.24. The minimum Gasteiger partial charge on any atom is -0.444 e. The molecule has 0 bridgehead atoms. The van der Waals surface area contributed by atoms with E-state index in [-0.39, 0.29) is 47.4 Å². The number of amides is 6. The summed E-state index contributed by atoms with van der Waals surface area (Å²) in [4.78, 5) is 76.7. The normalized spacial score (nSPS) is 19.5. The first kappa shape index (κ1) is 38.3. The third-order valence-corrected chi connectivity index (χ3v) is 11.8. The highest BCUT2D eigenvalue weighted by Gasteiger charge is 2.43. The smallest absolute Gasteiger partial charge is 0.343 e. The van der Waals surface area contributed by atoms with Crippen molar-refractivity contribution < 1.29 is 37.2 Å². The first-order valence-electron chi connectivity index (χ1n) is 20.0. The number of nitrogens with one attached hydrogen (secondary N) is 3. The van der Waals surface area contributed by atoms with Gasteiger partial charge in [-0.25, -0.2) is 28.6 Å². The van der Waals surface area contributed by atoms with Crippen LogP contribution in [0.2, 0.25) is 0 Å². The standard InChI is InChI=1S/C40H43F2N11O6/c41-35(42)34-30(45-36(55)31-22-59-37(46-31)25-5-11-43-32(17-25)44-19-23-1-2-23)21-51(48-34)26-8-12-49(13-9-26)20-24-6-14-50(15-7-24)27-3-4-28-29(18-27)39(57)53(38(28)56)52-16-10-33(54)47-40(52)58/h3-5,11,17-18,21-24,26,35H,1-2,6-10,12-16,19-20H2,(H,43,44)(H,45,55)(H,47,54,58). The summed E-state index contributed by atoms with van der Waals surface area (Å²) in [5.41, 5.74) is 1.28. The number of halogens is 2. The lowest BCUT2D eigenvalue weighted by molar-refractivity contribution is -0.122. The lowest BCUT2D eigenvalue weighted by Crippen LogP contribution is -2.58. The quantitative estimate of drug-likeness (QED) is 0.164. The maximum atomic E-state index is 14.2. The van der Waals surface area contributed by atoms with Crippen molar-refractivity contribution in [3.05, 3.63) is 71.5 Å². The van der Waals surface area contributed by atoms with Gasteiger partial charge in [0.2, 0.25) is 11.8 Å². The molecular weight excluding hydrogens is 769 g/mol. The van der Waals surface area contributed by atoms with Crippen LogP contribution in [0.15, 0.2) is 53.4 Å². The zero-order chi connectivity index (χ0) is 40.8. The number of benzene rings is 1. The van der Waals surface area contributed by atoms with Gasteiger partial charge in [-0.15, -0.1) is 0 Å². The first-order valence-corrected chi connectivity index (χ1v) is 20.0. The van der Waals surface area contributed by atoms with Gasteiger partial charge in [0.15, 0.2) is 11.4 Å². The molecule has 0 atom stereocenters. The van der Waals surface area contributed by atoms with Crippen LogP contribution < -0.4 is 20.9 Å². The molecule has 4 aliphatic heterocycles. The summed E-state index contributed by atoms with van der Waals surface area (Å²) in [6.07, 6.45) is 7.07. The highest BCUT2D eigenvalue weighted by Crippen LogP contribution is 2.34. The molecule has 7 heterocycles. The number of oxazole rings is 1. The largest absolute Gasteiger partial charge is 0.444 e. The number of hydrogen-bond acceptors (Lipinski definition) is 12. The highest BCUT2D eigenvalue weighted by atomic mass is 19.3. The van der Waals surface area contributed by atoms with Gasteiger partial charge in [-0.1, -0.05) is 0 Å². The Bertz CT molecular complexity index is 2290. The zero-order valence-corrected chi connectivity index (χ0v) is 32.1. The van der Waals surface area contributed by atoms with E-state index in [1.54, 1.807) is 35.1 Å². The third-order valence-electron chi connectivity index (χ3n) is 11.8. The van der Waals surface area contributed by atoms with Crippen LogP contribution in [0.1, 0.15) is 94.3 Å². The average molecular weight is 812 g/mol. The van der Waals surface area contributed by atoms with Crippen LogP contribution in [-0.2, 0) is 4.79 Å². The number of aromatic nitrogens is 4. The fraction of sp³-hybridized carbons (Fsp3) is 0.450. The Labute approximate surface area is 337 Å². The summed E-state index contributed by atoms with van der Waals surface area (Å²) >= 11 is 0. The van der Waals surface area contributed by atoms with Crippen molar-refractivity contribution in [1.29, 1.82) is 0 Å². The maximum absolute atomic E-state index is 14.2. The van der Waals surface area contributed by atoms with E-state index in [4.69, 9.17) is 4.42 Å². The minimum absolute atomic E-state index is 0.00700. The second-order valence-electron chi connectivity index (χ2n) is 15.8. The van der Waals surface area contributed by atoms with E-state index in [1.807, 2.05) is 6.07 Å². The Balaban J connectivity index is 0.760. The molecule has 19 heteroatoms. The third kappa shape index (κ3) is 7.98. The van der Waals surface area contributed by atoms with E-state index in [0.29, 0.717) is 36.1 Å². The summed E-state index contributed by atoms with van der Waals surface area (Å²) in [6.45, 7) is 4.74. The van der Waals surface area contributed by atoms with Crippen LogP contribution >= 0.6 is 0 Å². The van der Waals surface area contributed by atoms with Gasteiger partial charge in [0.1, 0.15) is 12.1 Å². The van der Waals surface area contributed by atoms with Gasteiger partial charge in [0, 0.05) is 69.3 Å². The molecule has 0 radical (unpaired) electrons. The van der Waals surface area contributed by atoms with Crippen LogP contribution in [0.3, 0.4) is 0 Å². The van der Waals surface area contributed by atoms with Crippen molar-refractivity contribution in [2.45, 2.75) is 57.4 Å². The van der Waals surface area contributed by atoms with Crippen molar-refractivity contribution in [3.63, 3.8) is 0 Å². The number of alkyl halides is 2. The molecule has 1 aromatic carbocycles. The van der Waals surface area contributed by atoms with Crippen molar-refractivity contribution >= 4 is 46.9 Å². The monoisotopic (exact) mass is 811 g/mol. The summed E-state index contributed by atoms with van der Waals surface area (Å²) in [5, 5.41) is 14.0. The molecule has 1 aliphatic carbocycles. The Morgan fingerprint density at radius 2 is 1.69 bits per heavy atom. The summed E-state index contributed by atoms with van der Waals surface area (Å²) in [5.74, 6) is -0.335. The molecule has 3 aromatic heterocycles. The Morgan fingerprint density at radius 1 is 0.915 bits per heavy atom.